The van der Waals surface area contributed by atoms with Crippen molar-refractivity contribution in [2.45, 2.75) is 51.4 Å². The smallest absolute Gasteiger partial charge is 0.228 e. The van der Waals surface area contributed by atoms with Crippen molar-refractivity contribution in [2.75, 3.05) is 19.6 Å². The van der Waals surface area contributed by atoms with Gasteiger partial charge in [-0.1, -0.05) is 43.7 Å². The Morgan fingerprint density at radius 2 is 2.00 bits per heavy atom. The van der Waals surface area contributed by atoms with Gasteiger partial charge in [0.15, 0.2) is 0 Å². The van der Waals surface area contributed by atoms with E-state index in [1.165, 1.54) is 5.56 Å². The number of hydrazine groups is 1. The van der Waals surface area contributed by atoms with Crippen LogP contribution in [0.15, 0.2) is 30.3 Å². The largest absolute Gasteiger partial charge is 0.373 e. The summed E-state index contributed by atoms with van der Waals surface area (Å²) in [6, 6.07) is 10.5. The SMILES string of the molecule is CCCC1NNCC1C(=O)N1CCC(OCc2ccccc2)CC1. The molecule has 5 heteroatoms. The molecule has 2 heterocycles. The van der Waals surface area contributed by atoms with E-state index in [0.29, 0.717) is 12.5 Å². The zero-order valence-electron chi connectivity index (χ0n) is 14.5. The molecule has 2 aliphatic heterocycles. The lowest BCUT2D eigenvalue weighted by Gasteiger charge is -2.34. The first-order valence-corrected chi connectivity index (χ1v) is 9.20. The highest BCUT2D eigenvalue weighted by Gasteiger charge is 2.36. The first-order chi connectivity index (χ1) is 11.8. The van der Waals surface area contributed by atoms with Gasteiger partial charge >= 0.3 is 0 Å². The fourth-order valence-electron chi connectivity index (χ4n) is 3.65. The Bertz CT molecular complexity index is 515. The molecule has 132 valence electrons. The van der Waals surface area contributed by atoms with Gasteiger partial charge in [-0.05, 0) is 24.8 Å². The predicted octanol–water partition coefficient (Wildman–Crippen LogP) is 2.09. The van der Waals surface area contributed by atoms with E-state index in [9.17, 15) is 4.79 Å². The Morgan fingerprint density at radius 3 is 2.71 bits per heavy atom. The van der Waals surface area contributed by atoms with Crippen molar-refractivity contribution in [3.8, 4) is 0 Å². The molecular formula is C19H29N3O2. The number of carbonyl (C=O) groups is 1. The van der Waals surface area contributed by atoms with E-state index >= 15 is 0 Å². The number of ether oxygens (including phenoxy) is 1. The maximum absolute atomic E-state index is 12.8. The Kier molecular flexibility index (Phi) is 6.24. The van der Waals surface area contributed by atoms with Gasteiger partial charge in [-0.15, -0.1) is 0 Å². The number of nitrogens with zero attached hydrogens (tertiary/aromatic N) is 1. The molecule has 0 saturated carbocycles. The van der Waals surface area contributed by atoms with Gasteiger partial charge < -0.3 is 9.64 Å². The van der Waals surface area contributed by atoms with Crippen LogP contribution in [0.3, 0.4) is 0 Å². The van der Waals surface area contributed by atoms with Crippen molar-refractivity contribution in [2.24, 2.45) is 5.92 Å². The molecule has 5 nitrogen and oxygen atoms in total. The lowest BCUT2D eigenvalue weighted by atomic mass is 9.95. The first kappa shape index (κ1) is 17.4. The van der Waals surface area contributed by atoms with Crippen molar-refractivity contribution in [1.29, 1.82) is 0 Å². The number of hydrogen-bond acceptors (Lipinski definition) is 4. The van der Waals surface area contributed by atoms with Crippen LogP contribution in [0.2, 0.25) is 0 Å². The number of carbonyl (C=O) groups excluding carboxylic acids is 1. The maximum Gasteiger partial charge on any atom is 0.228 e. The molecule has 0 radical (unpaired) electrons. The van der Waals surface area contributed by atoms with Gasteiger partial charge in [0.2, 0.25) is 5.91 Å². The second-order valence-electron chi connectivity index (χ2n) is 6.85. The van der Waals surface area contributed by atoms with Gasteiger partial charge in [-0.3, -0.25) is 15.6 Å². The molecule has 2 aliphatic rings. The third-order valence-electron chi connectivity index (χ3n) is 5.09. The standard InChI is InChI=1S/C19H29N3O2/c1-2-6-18-17(13-20-21-18)19(23)22-11-9-16(10-12-22)24-14-15-7-4-3-5-8-15/h3-5,7-8,16-18,20-21H,2,6,9-14H2,1H3. The van der Waals surface area contributed by atoms with Crippen LogP contribution < -0.4 is 10.9 Å². The molecule has 0 aromatic heterocycles. The van der Waals surface area contributed by atoms with Gasteiger partial charge in [0.1, 0.15) is 0 Å². The number of benzene rings is 1. The topological polar surface area (TPSA) is 53.6 Å². The van der Waals surface area contributed by atoms with E-state index in [4.69, 9.17) is 4.74 Å². The van der Waals surface area contributed by atoms with Crippen molar-refractivity contribution in [3.63, 3.8) is 0 Å². The zero-order chi connectivity index (χ0) is 16.8. The molecule has 2 atom stereocenters. The van der Waals surface area contributed by atoms with Crippen LogP contribution in [-0.4, -0.2) is 42.6 Å². The van der Waals surface area contributed by atoms with Crippen LogP contribution in [0.25, 0.3) is 0 Å². The summed E-state index contributed by atoms with van der Waals surface area (Å²) < 4.78 is 6.02. The average molecular weight is 331 g/mol. The Labute approximate surface area is 144 Å². The summed E-state index contributed by atoms with van der Waals surface area (Å²) >= 11 is 0. The molecule has 1 aromatic rings. The minimum atomic E-state index is 0.0757. The summed E-state index contributed by atoms with van der Waals surface area (Å²) in [7, 11) is 0. The van der Waals surface area contributed by atoms with E-state index in [2.05, 4.69) is 29.9 Å². The predicted molar refractivity (Wildman–Crippen MR) is 94.2 cm³/mol. The van der Waals surface area contributed by atoms with Crippen molar-refractivity contribution >= 4 is 5.91 Å². The number of amides is 1. The number of piperidine rings is 1. The molecule has 0 bridgehead atoms. The van der Waals surface area contributed by atoms with Crippen molar-refractivity contribution in [1.82, 2.24) is 15.8 Å². The van der Waals surface area contributed by atoms with E-state index < -0.39 is 0 Å². The molecule has 0 aliphatic carbocycles. The van der Waals surface area contributed by atoms with Crippen LogP contribution in [-0.2, 0) is 16.1 Å². The monoisotopic (exact) mass is 331 g/mol. The van der Waals surface area contributed by atoms with Crippen molar-refractivity contribution in [3.05, 3.63) is 35.9 Å². The first-order valence-electron chi connectivity index (χ1n) is 9.20. The molecule has 2 saturated heterocycles. The average Bonchev–Trinajstić information content (AvgIpc) is 3.09. The van der Waals surface area contributed by atoms with Crippen molar-refractivity contribution < 1.29 is 9.53 Å². The number of likely N-dealkylation sites (tertiary alicyclic amines) is 1. The van der Waals surface area contributed by atoms with Gasteiger partial charge in [0, 0.05) is 25.7 Å². The van der Waals surface area contributed by atoms with Crippen LogP contribution in [0.5, 0.6) is 0 Å². The van der Waals surface area contributed by atoms with Crippen LogP contribution in [0.4, 0.5) is 0 Å². The minimum Gasteiger partial charge on any atom is -0.373 e. The van der Waals surface area contributed by atoms with E-state index in [-0.39, 0.29) is 18.1 Å². The lowest BCUT2D eigenvalue weighted by molar-refractivity contribution is -0.138. The second kappa shape index (κ2) is 8.60. The van der Waals surface area contributed by atoms with Gasteiger partial charge in [-0.2, -0.15) is 0 Å². The minimum absolute atomic E-state index is 0.0757. The highest BCUT2D eigenvalue weighted by atomic mass is 16.5. The van der Waals surface area contributed by atoms with Crippen LogP contribution in [0, 0.1) is 5.92 Å². The molecule has 0 spiro atoms. The zero-order valence-corrected chi connectivity index (χ0v) is 14.5. The quantitative estimate of drug-likeness (QED) is 0.838. The fourth-order valence-corrected chi connectivity index (χ4v) is 3.65. The molecule has 1 aromatic carbocycles. The number of rotatable bonds is 6. The number of nitrogens with one attached hydrogen (secondary N) is 2. The summed E-state index contributed by atoms with van der Waals surface area (Å²) in [5.74, 6) is 0.374. The molecular weight excluding hydrogens is 302 g/mol. The van der Waals surface area contributed by atoms with Crippen LogP contribution in [0.1, 0.15) is 38.2 Å². The maximum atomic E-state index is 12.8. The summed E-state index contributed by atoms with van der Waals surface area (Å²) in [4.78, 5) is 14.8. The van der Waals surface area contributed by atoms with E-state index in [1.54, 1.807) is 0 Å². The normalized spacial score (nSPS) is 25.1. The van der Waals surface area contributed by atoms with Gasteiger partial charge in [-0.25, -0.2) is 0 Å². The molecule has 3 rings (SSSR count). The van der Waals surface area contributed by atoms with E-state index in [1.807, 2.05) is 23.1 Å². The molecule has 2 fully saturated rings. The highest BCUT2D eigenvalue weighted by Crippen LogP contribution is 2.21. The fraction of sp³-hybridized carbons (Fsp3) is 0.632. The van der Waals surface area contributed by atoms with Crippen LogP contribution >= 0.6 is 0 Å². The molecule has 2 unspecified atom stereocenters. The molecule has 24 heavy (non-hydrogen) atoms. The highest BCUT2D eigenvalue weighted by molar-refractivity contribution is 5.80. The Morgan fingerprint density at radius 1 is 1.25 bits per heavy atom. The lowest BCUT2D eigenvalue weighted by Crippen LogP contribution is -2.46. The third-order valence-corrected chi connectivity index (χ3v) is 5.09. The second-order valence-corrected chi connectivity index (χ2v) is 6.85. The Balaban J connectivity index is 1.43. The molecule has 2 N–H and O–H groups in total. The summed E-state index contributed by atoms with van der Waals surface area (Å²) in [5, 5.41) is 0. The van der Waals surface area contributed by atoms with Gasteiger partial charge in [0.25, 0.3) is 0 Å². The summed E-state index contributed by atoms with van der Waals surface area (Å²) in [6.45, 7) is 5.20. The number of hydrogen-bond donors (Lipinski definition) is 2. The summed E-state index contributed by atoms with van der Waals surface area (Å²) in [5.41, 5.74) is 7.61. The summed E-state index contributed by atoms with van der Waals surface area (Å²) in [6.07, 6.45) is 4.27. The molecule has 1 amide bonds. The Hall–Kier alpha value is -1.43. The van der Waals surface area contributed by atoms with E-state index in [0.717, 1.165) is 45.3 Å². The third kappa shape index (κ3) is 4.35. The van der Waals surface area contributed by atoms with Gasteiger partial charge in [0.05, 0.1) is 18.6 Å².